The van der Waals surface area contributed by atoms with Crippen LogP contribution in [0, 0.1) is 5.92 Å². The average molecular weight is 303 g/mol. The first-order valence-electron chi connectivity index (χ1n) is 7.98. The van der Waals surface area contributed by atoms with Gasteiger partial charge in [0.05, 0.1) is 5.75 Å². The highest BCUT2D eigenvalue weighted by molar-refractivity contribution is 7.89. The fourth-order valence-electron chi connectivity index (χ4n) is 3.10. The Morgan fingerprint density at radius 3 is 2.65 bits per heavy atom. The molecular weight excluding hydrogens is 274 g/mol. The van der Waals surface area contributed by atoms with Crippen molar-refractivity contribution in [1.29, 1.82) is 0 Å². The van der Waals surface area contributed by atoms with Crippen molar-refractivity contribution >= 4 is 10.0 Å². The van der Waals surface area contributed by atoms with Gasteiger partial charge in [0, 0.05) is 38.8 Å². The maximum absolute atomic E-state index is 12.2. The smallest absolute Gasteiger partial charge is 0.213 e. The first-order chi connectivity index (χ1) is 9.55. The van der Waals surface area contributed by atoms with E-state index in [1.54, 1.807) is 0 Å². The van der Waals surface area contributed by atoms with E-state index < -0.39 is 10.0 Å². The molecule has 0 aromatic carbocycles. The molecule has 0 bridgehead atoms. The average Bonchev–Trinajstić information content (AvgIpc) is 2.62. The standard InChI is InChI=1S/C14H29N3O2S/c1-13-3-2-4-14(6-5-13)16-20(18,19)12-11-17-9-7-15-8-10-17/h13-16H,2-12H2,1H3. The van der Waals surface area contributed by atoms with Crippen molar-refractivity contribution in [1.82, 2.24) is 14.9 Å². The Bertz CT molecular complexity index is 380. The monoisotopic (exact) mass is 303 g/mol. The second-order valence-corrected chi connectivity index (χ2v) is 8.21. The van der Waals surface area contributed by atoms with Gasteiger partial charge >= 0.3 is 0 Å². The van der Waals surface area contributed by atoms with Gasteiger partial charge in [0.15, 0.2) is 0 Å². The van der Waals surface area contributed by atoms with E-state index in [1.807, 2.05) is 0 Å². The van der Waals surface area contributed by atoms with Gasteiger partial charge in [0.25, 0.3) is 0 Å². The summed E-state index contributed by atoms with van der Waals surface area (Å²) >= 11 is 0. The van der Waals surface area contributed by atoms with Crippen molar-refractivity contribution in [2.75, 3.05) is 38.5 Å². The largest absolute Gasteiger partial charge is 0.314 e. The molecule has 0 radical (unpaired) electrons. The molecule has 0 aromatic rings. The fourth-order valence-corrected chi connectivity index (χ4v) is 4.46. The summed E-state index contributed by atoms with van der Waals surface area (Å²) in [6, 6.07) is 0.160. The summed E-state index contributed by atoms with van der Waals surface area (Å²) in [7, 11) is -3.13. The summed E-state index contributed by atoms with van der Waals surface area (Å²) in [5, 5.41) is 3.28. The number of nitrogens with one attached hydrogen (secondary N) is 2. The molecule has 5 nitrogen and oxygen atoms in total. The van der Waals surface area contributed by atoms with Crippen LogP contribution in [0.5, 0.6) is 0 Å². The second-order valence-electron chi connectivity index (χ2n) is 6.34. The van der Waals surface area contributed by atoms with E-state index >= 15 is 0 Å². The van der Waals surface area contributed by atoms with Gasteiger partial charge in [-0.25, -0.2) is 13.1 Å². The van der Waals surface area contributed by atoms with Crippen LogP contribution >= 0.6 is 0 Å². The molecule has 1 saturated heterocycles. The van der Waals surface area contributed by atoms with Gasteiger partial charge in [-0.1, -0.05) is 19.8 Å². The van der Waals surface area contributed by atoms with Crippen molar-refractivity contribution in [3.63, 3.8) is 0 Å². The van der Waals surface area contributed by atoms with Gasteiger partial charge in [-0.15, -0.1) is 0 Å². The van der Waals surface area contributed by atoms with Gasteiger partial charge in [-0.3, -0.25) is 4.90 Å². The topological polar surface area (TPSA) is 61.4 Å². The molecule has 2 atom stereocenters. The molecule has 1 aliphatic heterocycles. The molecule has 2 rings (SSSR count). The SMILES string of the molecule is CC1CCCC(NS(=O)(=O)CCN2CCNCC2)CC1. The van der Waals surface area contributed by atoms with E-state index in [0.717, 1.165) is 57.8 Å². The maximum Gasteiger partial charge on any atom is 0.213 e. The Balaban J connectivity index is 1.74. The van der Waals surface area contributed by atoms with E-state index in [0.29, 0.717) is 6.54 Å². The van der Waals surface area contributed by atoms with Crippen molar-refractivity contribution in [2.24, 2.45) is 5.92 Å². The molecule has 1 saturated carbocycles. The molecule has 2 unspecified atom stereocenters. The maximum atomic E-state index is 12.2. The van der Waals surface area contributed by atoms with Crippen LogP contribution in [-0.4, -0.2) is 57.8 Å². The predicted molar refractivity (Wildman–Crippen MR) is 82.3 cm³/mol. The van der Waals surface area contributed by atoms with Crippen LogP contribution in [0.15, 0.2) is 0 Å². The van der Waals surface area contributed by atoms with Gasteiger partial charge < -0.3 is 5.32 Å². The van der Waals surface area contributed by atoms with Crippen LogP contribution in [0.2, 0.25) is 0 Å². The third kappa shape index (κ3) is 5.68. The summed E-state index contributed by atoms with van der Waals surface area (Å²) in [5.74, 6) is 0.976. The van der Waals surface area contributed by atoms with Gasteiger partial charge in [0.1, 0.15) is 0 Å². The zero-order valence-electron chi connectivity index (χ0n) is 12.6. The van der Waals surface area contributed by atoms with Crippen molar-refractivity contribution in [2.45, 2.75) is 45.1 Å². The number of rotatable bonds is 5. The molecular formula is C14H29N3O2S. The van der Waals surface area contributed by atoms with Gasteiger partial charge in [0.2, 0.25) is 10.0 Å². The highest BCUT2D eigenvalue weighted by atomic mass is 32.2. The Morgan fingerprint density at radius 2 is 1.90 bits per heavy atom. The zero-order chi connectivity index (χ0) is 14.4. The minimum Gasteiger partial charge on any atom is -0.314 e. The minimum atomic E-state index is -3.13. The Hall–Kier alpha value is -0.170. The number of hydrogen-bond acceptors (Lipinski definition) is 4. The molecule has 118 valence electrons. The van der Waals surface area contributed by atoms with Crippen LogP contribution in [0.25, 0.3) is 0 Å². The van der Waals surface area contributed by atoms with Crippen LogP contribution in [0.4, 0.5) is 0 Å². The lowest BCUT2D eigenvalue weighted by molar-refractivity contribution is 0.253. The van der Waals surface area contributed by atoms with E-state index in [9.17, 15) is 8.42 Å². The fraction of sp³-hybridized carbons (Fsp3) is 1.00. The third-order valence-corrected chi connectivity index (χ3v) is 5.90. The highest BCUT2D eigenvalue weighted by Crippen LogP contribution is 2.22. The summed E-state index contributed by atoms with van der Waals surface area (Å²) in [4.78, 5) is 2.23. The Morgan fingerprint density at radius 1 is 1.15 bits per heavy atom. The second kappa shape index (κ2) is 7.73. The lowest BCUT2D eigenvalue weighted by Crippen LogP contribution is -2.46. The third-order valence-electron chi connectivity index (χ3n) is 4.49. The quantitative estimate of drug-likeness (QED) is 0.737. The molecule has 6 heteroatoms. The molecule has 1 aliphatic carbocycles. The number of sulfonamides is 1. The Kier molecular flexibility index (Phi) is 6.26. The molecule has 0 amide bonds. The Labute approximate surface area is 123 Å². The number of hydrogen-bond donors (Lipinski definition) is 2. The number of nitrogens with zero attached hydrogens (tertiary/aromatic N) is 1. The normalized spacial score (nSPS) is 30.1. The van der Waals surface area contributed by atoms with E-state index in [2.05, 4.69) is 21.9 Å². The van der Waals surface area contributed by atoms with Crippen LogP contribution in [0.3, 0.4) is 0 Å². The van der Waals surface area contributed by atoms with Crippen LogP contribution in [-0.2, 0) is 10.0 Å². The van der Waals surface area contributed by atoms with E-state index in [4.69, 9.17) is 0 Å². The van der Waals surface area contributed by atoms with Crippen molar-refractivity contribution in [3.05, 3.63) is 0 Å². The lowest BCUT2D eigenvalue weighted by Gasteiger charge is -2.27. The van der Waals surface area contributed by atoms with Gasteiger partial charge in [-0.2, -0.15) is 0 Å². The lowest BCUT2D eigenvalue weighted by atomic mass is 10.0. The van der Waals surface area contributed by atoms with E-state index in [-0.39, 0.29) is 11.8 Å². The predicted octanol–water partition coefficient (Wildman–Crippen LogP) is 0.780. The molecule has 0 aromatic heterocycles. The molecule has 2 aliphatic rings. The summed E-state index contributed by atoms with van der Waals surface area (Å²) < 4.78 is 27.3. The highest BCUT2D eigenvalue weighted by Gasteiger charge is 2.22. The molecule has 2 fully saturated rings. The summed E-state index contributed by atoms with van der Waals surface area (Å²) in [6.45, 7) is 6.76. The zero-order valence-corrected chi connectivity index (χ0v) is 13.4. The molecule has 1 heterocycles. The van der Waals surface area contributed by atoms with Crippen molar-refractivity contribution < 1.29 is 8.42 Å². The first-order valence-corrected chi connectivity index (χ1v) is 9.63. The number of piperazine rings is 1. The minimum absolute atomic E-state index is 0.160. The van der Waals surface area contributed by atoms with Crippen LogP contribution in [0.1, 0.15) is 39.0 Å². The molecule has 0 spiro atoms. The molecule has 20 heavy (non-hydrogen) atoms. The summed E-state index contributed by atoms with van der Waals surface area (Å²) in [5.41, 5.74) is 0. The van der Waals surface area contributed by atoms with E-state index in [1.165, 1.54) is 6.42 Å². The van der Waals surface area contributed by atoms with Gasteiger partial charge in [-0.05, 0) is 25.2 Å². The first kappa shape index (κ1) is 16.2. The summed E-state index contributed by atoms with van der Waals surface area (Å²) in [6.07, 6.45) is 5.52. The molecule has 2 N–H and O–H groups in total. The van der Waals surface area contributed by atoms with Crippen molar-refractivity contribution in [3.8, 4) is 0 Å². The van der Waals surface area contributed by atoms with Crippen LogP contribution < -0.4 is 10.0 Å².